The van der Waals surface area contributed by atoms with Crippen molar-refractivity contribution in [1.82, 2.24) is 0 Å². The van der Waals surface area contributed by atoms with Gasteiger partial charge in [-0.2, -0.15) is 0 Å². The van der Waals surface area contributed by atoms with Crippen molar-refractivity contribution in [3.8, 4) is 0 Å². The number of phosphoric ester groups is 2. The molecule has 2 unspecified atom stereocenters. The van der Waals surface area contributed by atoms with Crippen LogP contribution in [0.4, 0.5) is 0 Å². The summed E-state index contributed by atoms with van der Waals surface area (Å²) in [7, 11) is -9.87. The second kappa shape index (κ2) is 54.0. The molecule has 0 aliphatic carbocycles. The van der Waals surface area contributed by atoms with Gasteiger partial charge in [-0.15, -0.1) is 0 Å². The highest BCUT2D eigenvalue weighted by Crippen LogP contribution is 2.45. The van der Waals surface area contributed by atoms with Gasteiger partial charge in [-0.05, 0) is 31.6 Å². The Morgan fingerprint density at radius 2 is 0.582 bits per heavy atom. The Bertz CT molecular complexity index is 1550. The molecule has 0 aromatic heterocycles. The van der Waals surface area contributed by atoms with E-state index in [2.05, 4.69) is 34.6 Å². The normalized spacial score (nSPS) is 14.3. The first-order valence-corrected chi connectivity index (χ1v) is 34.6. The van der Waals surface area contributed by atoms with Gasteiger partial charge in [-0.3, -0.25) is 37.3 Å². The third-order valence-electron chi connectivity index (χ3n) is 13.8. The lowest BCUT2D eigenvalue weighted by Crippen LogP contribution is -2.30. The van der Waals surface area contributed by atoms with Crippen LogP contribution in [0.25, 0.3) is 0 Å². The van der Waals surface area contributed by atoms with E-state index in [1.807, 2.05) is 0 Å². The van der Waals surface area contributed by atoms with Gasteiger partial charge in [0.05, 0.1) is 26.4 Å². The summed E-state index contributed by atoms with van der Waals surface area (Å²) >= 11 is 0. The van der Waals surface area contributed by atoms with E-state index >= 15 is 0 Å². The summed E-state index contributed by atoms with van der Waals surface area (Å²) in [6.07, 6.45) is 36.4. The quantitative estimate of drug-likeness (QED) is 0.0222. The van der Waals surface area contributed by atoms with Crippen molar-refractivity contribution in [3.05, 3.63) is 0 Å². The van der Waals surface area contributed by atoms with Crippen LogP contribution in [0.15, 0.2) is 0 Å². The number of unbranched alkanes of at least 4 members (excludes halogenated alkanes) is 32. The van der Waals surface area contributed by atoms with Crippen LogP contribution < -0.4 is 0 Å². The summed E-state index contributed by atoms with van der Waals surface area (Å²) < 4.78 is 67.6. The van der Waals surface area contributed by atoms with Gasteiger partial charge in [0.25, 0.3) is 0 Å². The summed E-state index contributed by atoms with van der Waals surface area (Å²) in [5.41, 5.74) is 0. The van der Waals surface area contributed by atoms with Gasteiger partial charge >= 0.3 is 39.5 Å². The van der Waals surface area contributed by atoms with E-state index in [0.29, 0.717) is 25.7 Å². The molecule has 0 fully saturated rings. The molecule has 0 saturated carbocycles. The molecule has 0 bridgehead atoms. The predicted octanol–water partition coefficient (Wildman–Crippen LogP) is 16.2. The fourth-order valence-electron chi connectivity index (χ4n) is 8.88. The van der Waals surface area contributed by atoms with Crippen LogP contribution in [0.3, 0.4) is 0 Å². The molecular weight excluding hydrogens is 1050 g/mol. The minimum Gasteiger partial charge on any atom is -0.462 e. The van der Waals surface area contributed by atoms with Crippen LogP contribution in [0, 0.1) is 5.92 Å². The number of carbonyl (C=O) groups is 4. The summed E-state index contributed by atoms with van der Waals surface area (Å²) in [4.78, 5) is 71.8. The molecule has 5 atom stereocenters. The van der Waals surface area contributed by atoms with Crippen molar-refractivity contribution >= 4 is 39.5 Å². The number of carbonyl (C=O) groups excluding carboxylic acids is 4. The van der Waals surface area contributed by atoms with E-state index in [-0.39, 0.29) is 25.7 Å². The molecule has 0 radical (unpaired) electrons. The van der Waals surface area contributed by atoms with Crippen LogP contribution in [0.5, 0.6) is 0 Å². The first kappa shape index (κ1) is 77.1. The maximum Gasteiger partial charge on any atom is 0.472 e. The molecule has 0 spiro atoms. The Hall–Kier alpha value is -1.94. The molecule has 0 aromatic rings. The Balaban J connectivity index is 5.18. The largest absolute Gasteiger partial charge is 0.472 e. The fourth-order valence-corrected chi connectivity index (χ4v) is 10.5. The second-order valence-electron chi connectivity index (χ2n) is 22.2. The maximum atomic E-state index is 12.9. The van der Waals surface area contributed by atoms with E-state index in [1.165, 1.54) is 116 Å². The van der Waals surface area contributed by atoms with Crippen molar-refractivity contribution in [2.45, 2.75) is 316 Å². The Morgan fingerprint density at radius 1 is 0.342 bits per heavy atom. The highest BCUT2D eigenvalue weighted by Gasteiger charge is 2.30. The molecule has 0 rings (SSSR count). The number of phosphoric acid groups is 2. The second-order valence-corrected chi connectivity index (χ2v) is 25.1. The number of rotatable bonds is 60. The average molecular weight is 1170 g/mol. The van der Waals surface area contributed by atoms with E-state index in [9.17, 15) is 43.2 Å². The van der Waals surface area contributed by atoms with Gasteiger partial charge in [-0.25, -0.2) is 9.13 Å². The molecule has 17 nitrogen and oxygen atoms in total. The zero-order valence-electron chi connectivity index (χ0n) is 50.5. The highest BCUT2D eigenvalue weighted by atomic mass is 31.2. The van der Waals surface area contributed by atoms with E-state index in [0.717, 1.165) is 102 Å². The molecule has 0 heterocycles. The monoisotopic (exact) mass is 1170 g/mol. The summed E-state index contributed by atoms with van der Waals surface area (Å²) in [6.45, 7) is 7.05. The minimum atomic E-state index is -4.94. The number of aliphatic hydroxyl groups is 1. The number of ether oxygens (including phenoxy) is 4. The first-order chi connectivity index (χ1) is 38.0. The third kappa shape index (κ3) is 55.0. The molecular formula is C60H116O17P2. The minimum absolute atomic E-state index is 0.105. The number of esters is 4. The molecule has 0 saturated heterocycles. The standard InChI is InChI=1S/C60H116O17P2/c1-6-9-12-15-17-19-21-25-29-34-39-44-58(63)71-50-56(77-60(65)46-41-36-31-27-23-24-28-33-37-42-53(4)5)52-75-79(68,69)73-48-54(61)47-72-78(66,67)74-51-55(49-70-57(62)43-38-32-14-11-8-3)76-59(64)45-40-35-30-26-22-20-18-16-13-10-7-2/h53-56,61H,6-52H2,1-5H3,(H,66,67)(H,68,69)/t54-,55+,56+/m0/s1. The Morgan fingerprint density at radius 3 is 0.861 bits per heavy atom. The van der Waals surface area contributed by atoms with Gasteiger partial charge in [0, 0.05) is 25.7 Å². The summed E-state index contributed by atoms with van der Waals surface area (Å²) in [5, 5.41) is 10.5. The molecule has 0 aromatic carbocycles. The molecule has 19 heteroatoms. The zero-order valence-corrected chi connectivity index (χ0v) is 52.3. The van der Waals surface area contributed by atoms with Crippen molar-refractivity contribution in [1.29, 1.82) is 0 Å². The van der Waals surface area contributed by atoms with Gasteiger partial charge < -0.3 is 33.8 Å². The Kier molecular flexibility index (Phi) is 52.7. The molecule has 468 valence electrons. The van der Waals surface area contributed by atoms with Crippen LogP contribution >= 0.6 is 15.6 Å². The number of aliphatic hydroxyl groups excluding tert-OH is 1. The van der Waals surface area contributed by atoms with Crippen molar-refractivity contribution < 1.29 is 80.2 Å². The lowest BCUT2D eigenvalue weighted by molar-refractivity contribution is -0.161. The van der Waals surface area contributed by atoms with Crippen LogP contribution in [-0.2, 0) is 65.4 Å². The van der Waals surface area contributed by atoms with E-state index in [1.54, 1.807) is 0 Å². The third-order valence-corrected chi connectivity index (χ3v) is 15.7. The summed E-state index contributed by atoms with van der Waals surface area (Å²) in [5.74, 6) is -1.41. The lowest BCUT2D eigenvalue weighted by Gasteiger charge is -2.21. The van der Waals surface area contributed by atoms with Gasteiger partial charge in [-0.1, -0.05) is 247 Å². The van der Waals surface area contributed by atoms with Crippen LogP contribution in [0.2, 0.25) is 0 Å². The van der Waals surface area contributed by atoms with E-state index in [4.69, 9.17) is 37.0 Å². The number of hydrogen-bond acceptors (Lipinski definition) is 15. The first-order valence-electron chi connectivity index (χ1n) is 31.6. The average Bonchev–Trinajstić information content (AvgIpc) is 3.41. The van der Waals surface area contributed by atoms with Gasteiger partial charge in [0.15, 0.2) is 12.2 Å². The molecule has 0 aliphatic heterocycles. The maximum absolute atomic E-state index is 12.9. The van der Waals surface area contributed by atoms with Gasteiger partial charge in [0.1, 0.15) is 19.3 Å². The van der Waals surface area contributed by atoms with E-state index < -0.39 is 97.5 Å². The fraction of sp³-hybridized carbons (Fsp3) is 0.933. The summed E-state index contributed by atoms with van der Waals surface area (Å²) in [6, 6.07) is 0. The highest BCUT2D eigenvalue weighted by molar-refractivity contribution is 7.47. The SMILES string of the molecule is CCCCCCCCCCCCCC(=O)OC[C@H](COP(=O)(O)OC[C@@H](O)COP(=O)(O)OC[C@@H](COC(=O)CCCCCCC)OC(=O)CCCCCCCCCCCCC)OC(=O)CCCCCCCCCCCC(C)C. The van der Waals surface area contributed by atoms with Crippen molar-refractivity contribution in [2.75, 3.05) is 39.6 Å². The Labute approximate surface area is 479 Å². The molecule has 0 aliphatic rings. The lowest BCUT2D eigenvalue weighted by atomic mass is 10.0. The zero-order chi connectivity index (χ0) is 58.5. The smallest absolute Gasteiger partial charge is 0.462 e. The predicted molar refractivity (Wildman–Crippen MR) is 312 cm³/mol. The van der Waals surface area contributed by atoms with Crippen LogP contribution in [0.1, 0.15) is 298 Å². The van der Waals surface area contributed by atoms with Crippen LogP contribution in [-0.4, -0.2) is 96.7 Å². The molecule has 0 amide bonds. The van der Waals surface area contributed by atoms with Crippen molar-refractivity contribution in [3.63, 3.8) is 0 Å². The number of hydrogen-bond donors (Lipinski definition) is 3. The van der Waals surface area contributed by atoms with Crippen molar-refractivity contribution in [2.24, 2.45) is 5.92 Å². The topological polar surface area (TPSA) is 237 Å². The molecule has 79 heavy (non-hydrogen) atoms. The van der Waals surface area contributed by atoms with Gasteiger partial charge in [0.2, 0.25) is 0 Å². The molecule has 3 N–H and O–H groups in total.